The van der Waals surface area contributed by atoms with E-state index in [-0.39, 0.29) is 76.9 Å². The Bertz CT molecular complexity index is 1780. The van der Waals surface area contributed by atoms with Crippen LogP contribution in [0.15, 0.2) is 84.9 Å². The van der Waals surface area contributed by atoms with Gasteiger partial charge in [0.15, 0.2) is 0 Å². The molecule has 0 aromatic heterocycles. The Hall–Kier alpha value is -3.94. The fraction of sp³-hybridized carbons (Fsp3) is 0.481. The molecule has 6 rings (SSSR count). The minimum absolute atomic E-state index is 0. The molecule has 0 aliphatic carbocycles. The summed E-state index contributed by atoms with van der Waals surface area (Å²) in [4.78, 5) is 43.0. The molecule has 360 valence electrons. The molecule has 0 saturated carbocycles. The summed E-state index contributed by atoms with van der Waals surface area (Å²) in [6.45, 7) is 28.7. The van der Waals surface area contributed by atoms with E-state index in [1.807, 2.05) is 79.7 Å². The van der Waals surface area contributed by atoms with E-state index in [9.17, 15) is 39.6 Å². The summed E-state index contributed by atoms with van der Waals surface area (Å²) in [5.41, 5.74) is 7.20. The van der Waals surface area contributed by atoms with Crippen LogP contribution in [0.5, 0.6) is 0 Å². The topological polar surface area (TPSA) is 179 Å². The van der Waals surface area contributed by atoms with Crippen LogP contribution in [0.3, 0.4) is 0 Å². The van der Waals surface area contributed by atoms with Gasteiger partial charge in [-0.2, -0.15) is 0 Å². The van der Waals surface area contributed by atoms with Crippen LogP contribution in [0.4, 0.5) is 0 Å². The number of carboxylic acids is 4. The second-order valence-corrected chi connectivity index (χ2v) is 17.6. The molecule has 4 aromatic carbocycles. The number of aromatic carboxylic acids is 4. The number of rotatable bonds is 10. The van der Waals surface area contributed by atoms with Gasteiger partial charge in [0.1, 0.15) is 0 Å². The average Bonchev–Trinajstić information content (AvgIpc) is 4.05. The fourth-order valence-electron chi connectivity index (χ4n) is 6.55. The molecule has 0 spiro atoms. The van der Waals surface area contributed by atoms with Crippen molar-refractivity contribution in [3.05, 3.63) is 141 Å². The van der Waals surface area contributed by atoms with Crippen molar-refractivity contribution in [3.63, 3.8) is 0 Å². The molecule has 66 heavy (non-hydrogen) atoms. The molecule has 10 nitrogen and oxygen atoms in total. The molecule has 0 atom stereocenters. The first kappa shape index (κ1) is 64.1. The summed E-state index contributed by atoms with van der Waals surface area (Å²) in [6, 6.07) is 24.2. The van der Waals surface area contributed by atoms with Crippen molar-refractivity contribution in [1.82, 2.24) is 0 Å². The third-order valence-electron chi connectivity index (χ3n) is 10.3. The largest absolute Gasteiger partial charge is 2.00 e. The molecule has 2 heterocycles. The molecular formula is C54H72Mo2O10. The van der Waals surface area contributed by atoms with Crippen molar-refractivity contribution in [2.45, 2.75) is 144 Å². The quantitative estimate of drug-likeness (QED) is 0.140. The van der Waals surface area contributed by atoms with E-state index in [2.05, 4.69) is 27.7 Å². The van der Waals surface area contributed by atoms with Crippen molar-refractivity contribution in [2.75, 3.05) is 26.4 Å². The van der Waals surface area contributed by atoms with Crippen LogP contribution in [0.1, 0.15) is 219 Å². The van der Waals surface area contributed by atoms with E-state index >= 15 is 0 Å². The average molecular weight is 1070 g/mol. The molecule has 0 N–H and O–H groups in total. The van der Waals surface area contributed by atoms with Gasteiger partial charge < -0.3 is 49.1 Å². The van der Waals surface area contributed by atoms with Crippen LogP contribution in [0.2, 0.25) is 0 Å². The van der Waals surface area contributed by atoms with E-state index in [1.165, 1.54) is 61.1 Å². The Morgan fingerprint density at radius 3 is 0.727 bits per heavy atom. The minimum Gasteiger partial charge on any atom is -0.545 e. The van der Waals surface area contributed by atoms with E-state index in [4.69, 9.17) is 9.47 Å². The van der Waals surface area contributed by atoms with E-state index in [1.54, 1.807) is 36.4 Å². The molecule has 4 aromatic rings. The first-order valence-corrected chi connectivity index (χ1v) is 22.6. The van der Waals surface area contributed by atoms with Crippen LogP contribution < -0.4 is 20.4 Å². The Labute approximate surface area is 423 Å². The van der Waals surface area contributed by atoms with E-state index in [0.717, 1.165) is 48.7 Å². The van der Waals surface area contributed by atoms with Gasteiger partial charge in [-0.05, 0) is 106 Å². The SMILES string of the molecule is C1CCOC1.C1CCOC1.CC(C)c1cc(C(C)C)c(C(=O)[O-])c(C(C)C)c1.CC(C)c1cc(C(C)C)c(C(=O)[O-])c(C(C)C)c1.O=C([O-])c1ccccc1.O=C([O-])c1ccccc1.[Mo+2].[Mo+2]. The van der Waals surface area contributed by atoms with Gasteiger partial charge in [0, 0.05) is 37.6 Å². The van der Waals surface area contributed by atoms with Gasteiger partial charge in [0.05, 0.1) is 23.9 Å². The number of carboxylic acid groups (broad SMARTS) is 4. The molecule has 0 radical (unpaired) electrons. The van der Waals surface area contributed by atoms with Gasteiger partial charge in [-0.15, -0.1) is 0 Å². The van der Waals surface area contributed by atoms with Crippen molar-refractivity contribution in [2.24, 2.45) is 0 Å². The normalized spacial score (nSPS) is 12.4. The predicted molar refractivity (Wildman–Crippen MR) is 248 cm³/mol. The number of carbonyl (C=O) groups is 4. The van der Waals surface area contributed by atoms with Crippen molar-refractivity contribution >= 4 is 23.9 Å². The molecule has 2 aliphatic rings. The second kappa shape index (κ2) is 34.4. The maximum Gasteiger partial charge on any atom is 2.00 e. The summed E-state index contributed by atoms with van der Waals surface area (Å²) in [7, 11) is 0. The summed E-state index contributed by atoms with van der Waals surface area (Å²) in [6.07, 6.45) is 5.11. The van der Waals surface area contributed by atoms with Crippen LogP contribution in [0, 0.1) is 0 Å². The maximum atomic E-state index is 11.4. The summed E-state index contributed by atoms with van der Waals surface area (Å²) >= 11 is 0. The van der Waals surface area contributed by atoms with Gasteiger partial charge in [0.2, 0.25) is 0 Å². The standard InChI is InChI=1S/2C16H24O2.2C7H6O2.2C4H8O.2Mo/c2*1-9(2)12-7-13(10(3)4)15(16(17)18)14(8-12)11(5)6;2*8-7(9)6-4-2-1-3-5-6;2*1-2-4-5-3-1;;/h2*7-11H,1-6H3,(H,17,18);2*1-5H,(H,8,9);2*1-4H2;;/q;;;;;;2*+2/p-4. The first-order valence-electron chi connectivity index (χ1n) is 22.6. The summed E-state index contributed by atoms with van der Waals surface area (Å²) < 4.78 is 9.89. The molecule has 0 amide bonds. The second-order valence-electron chi connectivity index (χ2n) is 17.6. The zero-order valence-electron chi connectivity index (χ0n) is 41.1. The molecule has 0 bridgehead atoms. The minimum atomic E-state index is -1.13. The molecule has 12 heteroatoms. The Morgan fingerprint density at radius 1 is 0.379 bits per heavy atom. The molecule has 0 unspecified atom stereocenters. The maximum absolute atomic E-state index is 11.4. The van der Waals surface area contributed by atoms with Crippen molar-refractivity contribution in [1.29, 1.82) is 0 Å². The van der Waals surface area contributed by atoms with Gasteiger partial charge in [-0.25, -0.2) is 0 Å². The molecule has 2 aliphatic heterocycles. The molecule has 2 fully saturated rings. The smallest absolute Gasteiger partial charge is 0.545 e. The Kier molecular flexibility index (Phi) is 33.4. The van der Waals surface area contributed by atoms with Crippen LogP contribution in [0.25, 0.3) is 0 Å². The van der Waals surface area contributed by atoms with E-state index in [0.29, 0.717) is 23.0 Å². The summed E-state index contributed by atoms with van der Waals surface area (Å²) in [5, 5.41) is 43.0. The zero-order chi connectivity index (χ0) is 48.5. The van der Waals surface area contributed by atoms with Gasteiger partial charge in [-0.1, -0.05) is 168 Å². The third kappa shape index (κ3) is 23.7. The Balaban J connectivity index is 0. The van der Waals surface area contributed by atoms with Crippen molar-refractivity contribution < 1.29 is 91.2 Å². The summed E-state index contributed by atoms with van der Waals surface area (Å²) in [5.74, 6) is -2.82. The number of ether oxygens (including phenoxy) is 2. The predicted octanol–water partition coefficient (Wildman–Crippen LogP) is 8.53. The molecule has 2 saturated heterocycles. The zero-order valence-corrected chi connectivity index (χ0v) is 45.1. The third-order valence-corrected chi connectivity index (χ3v) is 10.3. The van der Waals surface area contributed by atoms with Crippen molar-refractivity contribution in [3.8, 4) is 0 Å². The number of benzene rings is 4. The monoisotopic (exact) mass is 1080 g/mol. The number of hydrogen-bond acceptors (Lipinski definition) is 10. The number of carbonyl (C=O) groups excluding carboxylic acids is 4. The van der Waals surface area contributed by atoms with Crippen LogP contribution in [-0.4, -0.2) is 50.3 Å². The number of hydrogen-bond donors (Lipinski definition) is 0. The molecular weight excluding hydrogens is 1000 g/mol. The van der Waals surface area contributed by atoms with Crippen LogP contribution in [-0.2, 0) is 51.6 Å². The van der Waals surface area contributed by atoms with Gasteiger partial charge in [0.25, 0.3) is 0 Å². The van der Waals surface area contributed by atoms with Crippen LogP contribution >= 0.6 is 0 Å². The van der Waals surface area contributed by atoms with Gasteiger partial charge in [-0.3, -0.25) is 0 Å². The first-order chi connectivity index (χ1) is 30.1. The Morgan fingerprint density at radius 2 is 0.606 bits per heavy atom. The van der Waals surface area contributed by atoms with Gasteiger partial charge >= 0.3 is 42.1 Å². The fourth-order valence-corrected chi connectivity index (χ4v) is 6.55. The van der Waals surface area contributed by atoms with E-state index < -0.39 is 23.9 Å².